The van der Waals surface area contributed by atoms with Crippen molar-refractivity contribution in [2.75, 3.05) is 0 Å². The summed E-state index contributed by atoms with van der Waals surface area (Å²) in [5.74, 6) is 1.28. The van der Waals surface area contributed by atoms with Crippen LogP contribution in [0.2, 0.25) is 0 Å². The van der Waals surface area contributed by atoms with Gasteiger partial charge >= 0.3 is 0 Å². The van der Waals surface area contributed by atoms with E-state index in [2.05, 4.69) is 45.1 Å². The Balaban J connectivity index is 2.27. The van der Waals surface area contributed by atoms with Gasteiger partial charge in [-0.1, -0.05) is 0 Å². The van der Waals surface area contributed by atoms with Crippen molar-refractivity contribution in [1.29, 1.82) is 0 Å². The maximum Gasteiger partial charge on any atom is 0.276 e. The SMILES string of the molecule is CCn1cc[n+](C)c1Cn1ccnc1. The van der Waals surface area contributed by atoms with Gasteiger partial charge in [-0.05, 0) is 6.92 Å². The third kappa shape index (κ3) is 1.55. The standard InChI is InChI=1S/C10H15N4/c1-3-14-7-6-12(2)10(14)8-13-5-4-11-9-13/h4-7,9H,3,8H2,1-2H3/q+1. The second kappa shape index (κ2) is 3.65. The van der Waals surface area contributed by atoms with E-state index in [0.717, 1.165) is 13.1 Å². The Morgan fingerprint density at radius 2 is 2.29 bits per heavy atom. The summed E-state index contributed by atoms with van der Waals surface area (Å²) in [6.45, 7) is 4.03. The van der Waals surface area contributed by atoms with Crippen LogP contribution in [0.3, 0.4) is 0 Å². The van der Waals surface area contributed by atoms with E-state index >= 15 is 0 Å². The number of imidazole rings is 2. The summed E-state index contributed by atoms with van der Waals surface area (Å²) in [5.41, 5.74) is 0. The summed E-state index contributed by atoms with van der Waals surface area (Å²) in [5, 5.41) is 0. The molecule has 0 N–H and O–H groups in total. The lowest BCUT2D eigenvalue weighted by atomic mass is 10.5. The van der Waals surface area contributed by atoms with Crippen molar-refractivity contribution in [2.45, 2.75) is 20.0 Å². The van der Waals surface area contributed by atoms with Crippen molar-refractivity contribution in [1.82, 2.24) is 14.1 Å². The Morgan fingerprint density at radius 1 is 1.43 bits per heavy atom. The van der Waals surface area contributed by atoms with Crippen molar-refractivity contribution in [3.8, 4) is 0 Å². The number of rotatable bonds is 3. The zero-order chi connectivity index (χ0) is 9.97. The van der Waals surface area contributed by atoms with Gasteiger partial charge in [-0.15, -0.1) is 0 Å². The number of hydrogen-bond donors (Lipinski definition) is 0. The first-order valence-electron chi connectivity index (χ1n) is 4.80. The Hall–Kier alpha value is -1.58. The van der Waals surface area contributed by atoms with Crippen LogP contribution in [0, 0.1) is 0 Å². The zero-order valence-electron chi connectivity index (χ0n) is 8.59. The lowest BCUT2D eigenvalue weighted by Gasteiger charge is -2.01. The maximum atomic E-state index is 4.03. The quantitative estimate of drug-likeness (QED) is 0.652. The molecule has 14 heavy (non-hydrogen) atoms. The molecule has 0 saturated heterocycles. The van der Waals surface area contributed by atoms with Gasteiger partial charge in [-0.25, -0.2) is 14.1 Å². The van der Waals surface area contributed by atoms with E-state index < -0.39 is 0 Å². The molecule has 0 aliphatic heterocycles. The summed E-state index contributed by atoms with van der Waals surface area (Å²) in [7, 11) is 2.07. The van der Waals surface area contributed by atoms with Gasteiger partial charge in [0.15, 0.2) is 0 Å². The van der Waals surface area contributed by atoms with Gasteiger partial charge < -0.3 is 4.57 Å². The Bertz CT molecular complexity index is 400. The fourth-order valence-electron chi connectivity index (χ4n) is 1.59. The highest BCUT2D eigenvalue weighted by Crippen LogP contribution is 1.98. The maximum absolute atomic E-state index is 4.03. The molecule has 74 valence electrons. The largest absolute Gasteiger partial charge is 0.325 e. The van der Waals surface area contributed by atoms with E-state index in [4.69, 9.17) is 0 Å². The van der Waals surface area contributed by atoms with Crippen LogP contribution in [-0.4, -0.2) is 14.1 Å². The van der Waals surface area contributed by atoms with Gasteiger partial charge in [0.1, 0.15) is 18.9 Å². The van der Waals surface area contributed by atoms with E-state index in [-0.39, 0.29) is 0 Å². The molecule has 0 radical (unpaired) electrons. The van der Waals surface area contributed by atoms with Crippen LogP contribution in [0.1, 0.15) is 12.7 Å². The average molecular weight is 191 g/mol. The van der Waals surface area contributed by atoms with E-state index in [9.17, 15) is 0 Å². The molecule has 0 fully saturated rings. The molecule has 0 atom stereocenters. The molecule has 0 saturated carbocycles. The molecule has 0 aliphatic rings. The van der Waals surface area contributed by atoms with Crippen molar-refractivity contribution in [3.63, 3.8) is 0 Å². The highest BCUT2D eigenvalue weighted by Gasteiger charge is 2.12. The highest BCUT2D eigenvalue weighted by molar-refractivity contribution is 4.87. The van der Waals surface area contributed by atoms with Crippen molar-refractivity contribution in [3.05, 3.63) is 36.9 Å². The van der Waals surface area contributed by atoms with Crippen LogP contribution >= 0.6 is 0 Å². The topological polar surface area (TPSA) is 26.6 Å². The van der Waals surface area contributed by atoms with Gasteiger partial charge in [0.05, 0.1) is 19.9 Å². The van der Waals surface area contributed by atoms with Crippen LogP contribution in [0.4, 0.5) is 0 Å². The van der Waals surface area contributed by atoms with Gasteiger partial charge in [-0.2, -0.15) is 0 Å². The second-order valence-corrected chi connectivity index (χ2v) is 3.35. The van der Waals surface area contributed by atoms with E-state index in [1.165, 1.54) is 5.82 Å². The highest BCUT2D eigenvalue weighted by atomic mass is 15.2. The minimum absolute atomic E-state index is 0.872. The second-order valence-electron chi connectivity index (χ2n) is 3.35. The molecule has 2 aromatic rings. The summed E-state index contributed by atoms with van der Waals surface area (Å²) < 4.78 is 6.45. The molecule has 2 heterocycles. The predicted octanol–water partition coefficient (Wildman–Crippen LogP) is 0.577. The van der Waals surface area contributed by atoms with Gasteiger partial charge in [0, 0.05) is 12.4 Å². The number of aromatic nitrogens is 4. The molecule has 0 aliphatic carbocycles. The van der Waals surface area contributed by atoms with Crippen LogP contribution in [0.15, 0.2) is 31.1 Å². The molecule has 4 nitrogen and oxygen atoms in total. The Morgan fingerprint density at radius 3 is 2.93 bits per heavy atom. The van der Waals surface area contributed by atoms with Crippen LogP contribution in [0.5, 0.6) is 0 Å². The molecule has 4 heteroatoms. The molecule has 0 spiro atoms. The lowest BCUT2D eigenvalue weighted by Crippen LogP contribution is -2.33. The predicted molar refractivity (Wildman–Crippen MR) is 52.6 cm³/mol. The molecular weight excluding hydrogens is 176 g/mol. The third-order valence-electron chi connectivity index (χ3n) is 2.43. The summed E-state index contributed by atoms with van der Waals surface area (Å²) in [4.78, 5) is 4.03. The Labute approximate surface area is 83.4 Å². The van der Waals surface area contributed by atoms with Crippen molar-refractivity contribution >= 4 is 0 Å². The first kappa shape index (κ1) is 8.99. The average Bonchev–Trinajstić information content (AvgIpc) is 2.79. The van der Waals surface area contributed by atoms with Crippen molar-refractivity contribution in [2.24, 2.45) is 7.05 Å². The van der Waals surface area contributed by atoms with Gasteiger partial charge in [0.2, 0.25) is 0 Å². The summed E-state index contributed by atoms with van der Waals surface area (Å²) in [6, 6.07) is 0. The minimum atomic E-state index is 0.872. The molecule has 0 unspecified atom stereocenters. The Kier molecular flexibility index (Phi) is 2.35. The molecule has 0 amide bonds. The first-order chi connectivity index (χ1) is 6.81. The fraction of sp³-hybridized carbons (Fsp3) is 0.400. The normalized spacial score (nSPS) is 10.7. The number of nitrogens with zero attached hydrogens (tertiary/aromatic N) is 4. The summed E-state index contributed by atoms with van der Waals surface area (Å²) >= 11 is 0. The molecule has 0 aromatic carbocycles. The summed E-state index contributed by atoms with van der Waals surface area (Å²) in [6.07, 6.45) is 9.81. The zero-order valence-corrected chi connectivity index (χ0v) is 8.59. The van der Waals surface area contributed by atoms with E-state index in [1.807, 2.05) is 12.5 Å². The monoisotopic (exact) mass is 191 g/mol. The van der Waals surface area contributed by atoms with E-state index in [1.54, 1.807) is 6.20 Å². The molecule has 2 aromatic heterocycles. The molecule has 2 rings (SSSR count). The molecule has 0 bridgehead atoms. The van der Waals surface area contributed by atoms with Gasteiger partial charge in [0.25, 0.3) is 5.82 Å². The van der Waals surface area contributed by atoms with Crippen LogP contribution in [-0.2, 0) is 20.1 Å². The third-order valence-corrected chi connectivity index (χ3v) is 2.43. The first-order valence-corrected chi connectivity index (χ1v) is 4.80. The van der Waals surface area contributed by atoms with Crippen LogP contribution in [0.25, 0.3) is 0 Å². The number of hydrogen-bond acceptors (Lipinski definition) is 1. The van der Waals surface area contributed by atoms with Crippen molar-refractivity contribution < 1.29 is 4.57 Å². The fourth-order valence-corrected chi connectivity index (χ4v) is 1.59. The lowest BCUT2D eigenvalue weighted by molar-refractivity contribution is -0.679. The smallest absolute Gasteiger partial charge is 0.276 e. The minimum Gasteiger partial charge on any atom is -0.325 e. The van der Waals surface area contributed by atoms with E-state index in [0.29, 0.717) is 0 Å². The van der Waals surface area contributed by atoms with Gasteiger partial charge in [-0.3, -0.25) is 0 Å². The number of aryl methyl sites for hydroxylation is 2. The molecular formula is C10H15N4+. The van der Waals surface area contributed by atoms with Crippen LogP contribution < -0.4 is 4.57 Å².